The van der Waals surface area contributed by atoms with Crippen molar-refractivity contribution in [2.45, 2.75) is 6.04 Å². The number of morpholine rings is 1. The van der Waals surface area contributed by atoms with Crippen LogP contribution < -0.4 is 5.32 Å². The number of hydrogen-bond donors (Lipinski definition) is 1. The van der Waals surface area contributed by atoms with Crippen molar-refractivity contribution in [2.75, 3.05) is 26.3 Å². The van der Waals surface area contributed by atoms with Crippen LogP contribution in [0, 0.1) is 0 Å². The quantitative estimate of drug-likeness (QED) is 0.795. The van der Waals surface area contributed by atoms with Crippen LogP contribution >= 0.6 is 0 Å². The molecule has 1 fully saturated rings. The fourth-order valence-corrected chi connectivity index (χ4v) is 3.09. The number of para-hydroxylation sites is 1. The molecule has 3 aromatic rings. The first-order valence-corrected chi connectivity index (χ1v) is 8.48. The highest BCUT2D eigenvalue weighted by atomic mass is 16.5. The standard InChI is InChI=1S/C20H20N2O3/c23-20(22-10-12-24-13-11-22)21-19(15-6-2-1-3-7-15)18-14-16-8-4-5-9-17(16)25-18/h1-9,14,19H,10-13H2,(H,21,23)/t19-/m0/s1. The molecule has 0 radical (unpaired) electrons. The van der Waals surface area contributed by atoms with Gasteiger partial charge in [0, 0.05) is 18.5 Å². The topological polar surface area (TPSA) is 54.7 Å². The number of urea groups is 1. The Kier molecular flexibility index (Phi) is 4.39. The molecule has 2 aromatic carbocycles. The third-order valence-electron chi connectivity index (χ3n) is 4.43. The van der Waals surface area contributed by atoms with E-state index in [0.717, 1.165) is 22.3 Å². The number of ether oxygens (including phenoxy) is 1. The maximum Gasteiger partial charge on any atom is 0.318 e. The van der Waals surface area contributed by atoms with Gasteiger partial charge >= 0.3 is 6.03 Å². The van der Waals surface area contributed by atoms with E-state index in [0.29, 0.717) is 26.3 Å². The second-order valence-corrected chi connectivity index (χ2v) is 6.08. The molecule has 128 valence electrons. The van der Waals surface area contributed by atoms with Crippen LogP contribution in [0.2, 0.25) is 0 Å². The molecular formula is C20H20N2O3. The van der Waals surface area contributed by atoms with E-state index in [2.05, 4.69) is 5.32 Å². The van der Waals surface area contributed by atoms with Gasteiger partial charge < -0.3 is 19.4 Å². The van der Waals surface area contributed by atoms with Crippen molar-refractivity contribution >= 4 is 17.0 Å². The second kappa shape index (κ2) is 6.99. The van der Waals surface area contributed by atoms with Crippen molar-refractivity contribution in [1.29, 1.82) is 0 Å². The number of carbonyl (C=O) groups is 1. The Balaban J connectivity index is 1.65. The van der Waals surface area contributed by atoms with Gasteiger partial charge in [0.05, 0.1) is 13.2 Å². The summed E-state index contributed by atoms with van der Waals surface area (Å²) in [5, 5.41) is 4.14. The molecule has 1 atom stereocenters. The number of nitrogens with one attached hydrogen (secondary N) is 1. The van der Waals surface area contributed by atoms with Gasteiger partial charge in [-0.2, -0.15) is 0 Å². The number of amides is 2. The molecule has 2 heterocycles. The van der Waals surface area contributed by atoms with Crippen LogP contribution in [-0.2, 0) is 4.74 Å². The van der Waals surface area contributed by atoms with Crippen LogP contribution in [0.25, 0.3) is 11.0 Å². The minimum atomic E-state index is -0.330. The smallest absolute Gasteiger partial charge is 0.318 e. The Labute approximate surface area is 146 Å². The number of benzene rings is 2. The van der Waals surface area contributed by atoms with Crippen molar-refractivity contribution in [3.63, 3.8) is 0 Å². The zero-order valence-corrected chi connectivity index (χ0v) is 13.9. The van der Waals surface area contributed by atoms with Crippen LogP contribution in [-0.4, -0.2) is 37.2 Å². The van der Waals surface area contributed by atoms with E-state index >= 15 is 0 Å². The Morgan fingerprint density at radius 2 is 1.72 bits per heavy atom. The highest BCUT2D eigenvalue weighted by molar-refractivity contribution is 5.79. The van der Waals surface area contributed by atoms with Gasteiger partial charge in [0.1, 0.15) is 17.4 Å². The zero-order chi connectivity index (χ0) is 17.1. The maximum absolute atomic E-state index is 12.7. The predicted molar refractivity (Wildman–Crippen MR) is 95.4 cm³/mol. The molecule has 1 saturated heterocycles. The van der Waals surface area contributed by atoms with Crippen molar-refractivity contribution < 1.29 is 13.9 Å². The van der Waals surface area contributed by atoms with E-state index in [1.165, 1.54) is 0 Å². The van der Waals surface area contributed by atoms with Gasteiger partial charge in [-0.3, -0.25) is 0 Å². The van der Waals surface area contributed by atoms with Gasteiger partial charge in [-0.05, 0) is 17.7 Å². The molecule has 0 aliphatic carbocycles. The summed E-state index contributed by atoms with van der Waals surface area (Å²) >= 11 is 0. The molecule has 5 heteroatoms. The normalized spacial score (nSPS) is 15.9. The summed E-state index contributed by atoms with van der Waals surface area (Å²) < 4.78 is 11.3. The number of fused-ring (bicyclic) bond motifs is 1. The molecule has 25 heavy (non-hydrogen) atoms. The van der Waals surface area contributed by atoms with Gasteiger partial charge in [0.25, 0.3) is 0 Å². The first-order valence-electron chi connectivity index (χ1n) is 8.48. The SMILES string of the molecule is O=C(N[C@@H](c1ccccc1)c1cc2ccccc2o1)N1CCOCC1. The molecule has 0 saturated carbocycles. The van der Waals surface area contributed by atoms with E-state index < -0.39 is 0 Å². The summed E-state index contributed by atoms with van der Waals surface area (Å²) in [5.74, 6) is 0.731. The molecule has 1 aliphatic rings. The summed E-state index contributed by atoms with van der Waals surface area (Å²) in [6.07, 6.45) is 0. The fraction of sp³-hybridized carbons (Fsp3) is 0.250. The molecule has 0 unspecified atom stereocenters. The van der Waals surface area contributed by atoms with Crippen molar-refractivity contribution in [2.24, 2.45) is 0 Å². The van der Waals surface area contributed by atoms with Crippen molar-refractivity contribution in [3.8, 4) is 0 Å². The Bertz CT molecular complexity index is 821. The highest BCUT2D eigenvalue weighted by Crippen LogP contribution is 2.28. The largest absolute Gasteiger partial charge is 0.459 e. The molecule has 1 aromatic heterocycles. The van der Waals surface area contributed by atoms with Gasteiger partial charge in [-0.15, -0.1) is 0 Å². The van der Waals surface area contributed by atoms with Crippen LogP contribution in [0.3, 0.4) is 0 Å². The molecule has 5 nitrogen and oxygen atoms in total. The third-order valence-corrected chi connectivity index (χ3v) is 4.43. The lowest BCUT2D eigenvalue weighted by molar-refractivity contribution is 0.0526. The predicted octanol–water partition coefficient (Wildman–Crippen LogP) is 3.56. The summed E-state index contributed by atoms with van der Waals surface area (Å²) in [6, 6.07) is 19.3. The number of carbonyl (C=O) groups excluding carboxylic acids is 1. The van der Waals surface area contributed by atoms with E-state index in [-0.39, 0.29) is 12.1 Å². The fourth-order valence-electron chi connectivity index (χ4n) is 3.09. The van der Waals surface area contributed by atoms with E-state index in [4.69, 9.17) is 9.15 Å². The summed E-state index contributed by atoms with van der Waals surface area (Å²) in [5.41, 5.74) is 1.81. The van der Waals surface area contributed by atoms with Crippen LogP contribution in [0.1, 0.15) is 17.4 Å². The second-order valence-electron chi connectivity index (χ2n) is 6.08. The minimum absolute atomic E-state index is 0.0994. The molecule has 1 aliphatic heterocycles. The third kappa shape index (κ3) is 3.37. The first kappa shape index (κ1) is 15.7. The Hall–Kier alpha value is -2.79. The highest BCUT2D eigenvalue weighted by Gasteiger charge is 2.24. The van der Waals surface area contributed by atoms with Crippen molar-refractivity contribution in [3.05, 3.63) is 72.0 Å². The Morgan fingerprint density at radius 1 is 1.00 bits per heavy atom. The molecule has 4 rings (SSSR count). The molecule has 2 amide bonds. The Morgan fingerprint density at radius 3 is 2.48 bits per heavy atom. The van der Waals surface area contributed by atoms with Gasteiger partial charge in [-0.1, -0.05) is 48.5 Å². The van der Waals surface area contributed by atoms with Crippen LogP contribution in [0.4, 0.5) is 4.79 Å². The molecule has 0 spiro atoms. The minimum Gasteiger partial charge on any atom is -0.459 e. The number of rotatable bonds is 3. The van der Waals surface area contributed by atoms with Crippen molar-refractivity contribution in [1.82, 2.24) is 10.2 Å². The van der Waals surface area contributed by atoms with Gasteiger partial charge in [0.15, 0.2) is 0 Å². The maximum atomic E-state index is 12.7. The van der Waals surface area contributed by atoms with Gasteiger partial charge in [0.2, 0.25) is 0 Å². The van der Waals surface area contributed by atoms with E-state index in [9.17, 15) is 4.79 Å². The van der Waals surface area contributed by atoms with Crippen LogP contribution in [0.15, 0.2) is 65.1 Å². The van der Waals surface area contributed by atoms with E-state index in [1.807, 2.05) is 60.7 Å². The molecule has 0 bridgehead atoms. The lowest BCUT2D eigenvalue weighted by Crippen LogP contribution is -2.47. The average Bonchev–Trinajstić information content (AvgIpc) is 3.11. The number of nitrogens with zero attached hydrogens (tertiary/aromatic N) is 1. The average molecular weight is 336 g/mol. The lowest BCUT2D eigenvalue weighted by Gasteiger charge is -2.29. The monoisotopic (exact) mass is 336 g/mol. The molecular weight excluding hydrogens is 316 g/mol. The number of hydrogen-bond acceptors (Lipinski definition) is 3. The summed E-state index contributed by atoms with van der Waals surface area (Å²) in [6.45, 7) is 2.36. The van der Waals surface area contributed by atoms with Crippen LogP contribution in [0.5, 0.6) is 0 Å². The lowest BCUT2D eigenvalue weighted by atomic mass is 10.0. The summed E-state index contributed by atoms with van der Waals surface area (Å²) in [4.78, 5) is 14.5. The van der Waals surface area contributed by atoms with Gasteiger partial charge in [-0.25, -0.2) is 4.79 Å². The molecule has 1 N–H and O–H groups in total. The number of furan rings is 1. The summed E-state index contributed by atoms with van der Waals surface area (Å²) in [7, 11) is 0. The van der Waals surface area contributed by atoms with E-state index in [1.54, 1.807) is 4.90 Å². The first-order chi connectivity index (χ1) is 12.3. The zero-order valence-electron chi connectivity index (χ0n) is 13.9.